The molecule has 0 aromatic heterocycles. The highest BCUT2D eigenvalue weighted by molar-refractivity contribution is 6.32. The molecule has 0 saturated carbocycles. The largest absolute Gasteiger partial charge is 0.504 e. The van der Waals surface area contributed by atoms with Gasteiger partial charge in [0.1, 0.15) is 10.6 Å². The Kier molecular flexibility index (Phi) is 4.18. The maximum Gasteiger partial charge on any atom is 0.308 e. The monoisotopic (exact) mass is 282 g/mol. The van der Waals surface area contributed by atoms with Gasteiger partial charge in [0.15, 0.2) is 24.0 Å². The van der Waals surface area contributed by atoms with E-state index in [9.17, 15) is 22.8 Å². The molecule has 0 amide bonds. The zero-order chi connectivity index (χ0) is 14.0. The van der Waals surface area contributed by atoms with Gasteiger partial charge in [-0.1, -0.05) is 11.6 Å². The number of phenols is 1. The first-order valence-electron chi connectivity index (χ1n) is 4.48. The molecule has 0 bridgehead atoms. The van der Waals surface area contributed by atoms with Crippen LogP contribution in [0.2, 0.25) is 5.02 Å². The van der Waals surface area contributed by atoms with E-state index in [0.29, 0.717) is 0 Å². The molecule has 0 aliphatic rings. The van der Waals surface area contributed by atoms with Gasteiger partial charge in [-0.15, -0.1) is 0 Å². The molecule has 0 fully saturated rings. The highest BCUT2D eigenvalue weighted by Crippen LogP contribution is 2.39. The minimum atomic E-state index is -1.65. The Morgan fingerprint density at radius 2 is 1.89 bits per heavy atom. The molecule has 1 aromatic rings. The number of benzene rings is 1. The summed E-state index contributed by atoms with van der Waals surface area (Å²) in [6, 6.07) is 0. The molecule has 0 saturated heterocycles. The third-order valence-corrected chi connectivity index (χ3v) is 2.25. The van der Waals surface area contributed by atoms with Crippen molar-refractivity contribution in [1.82, 2.24) is 0 Å². The number of halogens is 4. The fourth-order valence-corrected chi connectivity index (χ4v) is 1.36. The number of ketones is 1. The Bertz CT molecular complexity index is 531. The lowest BCUT2D eigenvalue weighted by atomic mass is 10.1. The average molecular weight is 283 g/mol. The standard InChI is InChI=1S/C10H6ClF3O4/c1-3(15)18-10-5(4(16)2-12)7(13)6(11)9(17)8(10)14/h17H,2H2,1H3. The van der Waals surface area contributed by atoms with E-state index in [1.165, 1.54) is 0 Å². The van der Waals surface area contributed by atoms with Gasteiger partial charge in [-0.3, -0.25) is 9.59 Å². The number of aromatic hydroxyl groups is 1. The van der Waals surface area contributed by atoms with Crippen molar-refractivity contribution in [2.45, 2.75) is 6.92 Å². The second-order valence-electron chi connectivity index (χ2n) is 3.15. The molecule has 4 nitrogen and oxygen atoms in total. The van der Waals surface area contributed by atoms with E-state index in [-0.39, 0.29) is 0 Å². The summed E-state index contributed by atoms with van der Waals surface area (Å²) in [5, 5.41) is 8.02. The summed E-state index contributed by atoms with van der Waals surface area (Å²) in [4.78, 5) is 21.8. The smallest absolute Gasteiger partial charge is 0.308 e. The van der Waals surface area contributed by atoms with Crippen LogP contribution in [0.25, 0.3) is 0 Å². The fourth-order valence-electron chi connectivity index (χ4n) is 1.18. The maximum atomic E-state index is 13.6. The first kappa shape index (κ1) is 14.3. The molecule has 0 atom stereocenters. The first-order chi connectivity index (χ1) is 8.31. The third-order valence-electron chi connectivity index (χ3n) is 1.90. The number of hydrogen-bond donors (Lipinski definition) is 1. The zero-order valence-corrected chi connectivity index (χ0v) is 9.65. The van der Waals surface area contributed by atoms with E-state index in [4.69, 9.17) is 16.7 Å². The molecule has 0 spiro atoms. The summed E-state index contributed by atoms with van der Waals surface area (Å²) < 4.78 is 43.6. The Balaban J connectivity index is 3.63. The van der Waals surface area contributed by atoms with Crippen molar-refractivity contribution < 1.29 is 32.6 Å². The predicted molar refractivity (Wildman–Crippen MR) is 54.6 cm³/mol. The average Bonchev–Trinajstić information content (AvgIpc) is 2.32. The molecule has 1 aromatic carbocycles. The van der Waals surface area contributed by atoms with E-state index >= 15 is 0 Å². The molecule has 0 radical (unpaired) electrons. The summed E-state index contributed by atoms with van der Waals surface area (Å²) in [5.74, 6) is -8.25. The van der Waals surface area contributed by atoms with E-state index in [0.717, 1.165) is 6.92 Å². The van der Waals surface area contributed by atoms with Crippen molar-refractivity contribution in [1.29, 1.82) is 0 Å². The van der Waals surface area contributed by atoms with Crippen LogP contribution < -0.4 is 4.74 Å². The lowest BCUT2D eigenvalue weighted by molar-refractivity contribution is -0.132. The van der Waals surface area contributed by atoms with Crippen LogP contribution in [0.15, 0.2) is 0 Å². The molecule has 0 aliphatic carbocycles. The highest BCUT2D eigenvalue weighted by atomic mass is 35.5. The van der Waals surface area contributed by atoms with E-state index in [2.05, 4.69) is 4.74 Å². The molecule has 0 heterocycles. The number of Topliss-reactive ketones (excluding diaryl/α,β-unsaturated/α-hetero) is 1. The molecule has 8 heteroatoms. The molecule has 0 unspecified atom stereocenters. The summed E-state index contributed by atoms with van der Waals surface area (Å²) in [6.07, 6.45) is 0. The Labute approximate surface area is 104 Å². The van der Waals surface area contributed by atoms with Gasteiger partial charge in [0.2, 0.25) is 11.6 Å². The highest BCUT2D eigenvalue weighted by Gasteiger charge is 2.29. The second kappa shape index (κ2) is 5.26. The van der Waals surface area contributed by atoms with Gasteiger partial charge in [-0.05, 0) is 0 Å². The Hall–Kier alpha value is -1.76. The van der Waals surface area contributed by atoms with Crippen LogP contribution in [0.1, 0.15) is 17.3 Å². The maximum absolute atomic E-state index is 13.6. The lowest BCUT2D eigenvalue weighted by Gasteiger charge is -2.11. The van der Waals surface area contributed by atoms with Crippen LogP contribution in [0.4, 0.5) is 13.2 Å². The number of ether oxygens (including phenoxy) is 1. The van der Waals surface area contributed by atoms with Crippen molar-refractivity contribution >= 4 is 23.4 Å². The number of hydrogen-bond acceptors (Lipinski definition) is 4. The van der Waals surface area contributed by atoms with Gasteiger partial charge in [0.05, 0.1) is 0 Å². The lowest BCUT2D eigenvalue weighted by Crippen LogP contribution is -2.13. The number of alkyl halides is 1. The molecular formula is C10H6ClF3O4. The van der Waals surface area contributed by atoms with Crippen LogP contribution in [0.5, 0.6) is 11.5 Å². The quantitative estimate of drug-likeness (QED) is 0.400. The van der Waals surface area contributed by atoms with Crippen molar-refractivity contribution in [3.8, 4) is 11.5 Å². The van der Waals surface area contributed by atoms with Crippen LogP contribution in [-0.2, 0) is 4.79 Å². The summed E-state index contributed by atoms with van der Waals surface area (Å²) in [7, 11) is 0. The van der Waals surface area contributed by atoms with E-state index < -0.39 is 52.1 Å². The first-order valence-corrected chi connectivity index (χ1v) is 4.86. The summed E-state index contributed by atoms with van der Waals surface area (Å²) in [6.45, 7) is -0.793. The van der Waals surface area contributed by atoms with Crippen molar-refractivity contribution in [3.63, 3.8) is 0 Å². The number of carbonyl (C=O) groups excluding carboxylic acids is 2. The van der Waals surface area contributed by atoms with Gasteiger partial charge < -0.3 is 9.84 Å². The fraction of sp³-hybridized carbons (Fsp3) is 0.200. The second-order valence-corrected chi connectivity index (χ2v) is 3.52. The number of carbonyl (C=O) groups is 2. The minimum Gasteiger partial charge on any atom is -0.504 e. The Morgan fingerprint density at radius 3 is 2.33 bits per heavy atom. The van der Waals surface area contributed by atoms with Gasteiger partial charge in [-0.2, -0.15) is 4.39 Å². The minimum absolute atomic E-state index is 0.854. The molecule has 1 N–H and O–H groups in total. The number of phenolic OH excluding ortho intramolecular Hbond substituents is 1. The van der Waals surface area contributed by atoms with Crippen molar-refractivity contribution in [3.05, 3.63) is 22.2 Å². The van der Waals surface area contributed by atoms with Crippen molar-refractivity contribution in [2.75, 3.05) is 6.67 Å². The van der Waals surface area contributed by atoms with Gasteiger partial charge in [0.25, 0.3) is 0 Å². The van der Waals surface area contributed by atoms with Gasteiger partial charge in [0, 0.05) is 6.92 Å². The molecule has 1 rings (SSSR count). The number of rotatable bonds is 3. The van der Waals surface area contributed by atoms with E-state index in [1.54, 1.807) is 0 Å². The van der Waals surface area contributed by atoms with Crippen LogP contribution in [0, 0.1) is 11.6 Å². The van der Waals surface area contributed by atoms with Crippen LogP contribution in [0.3, 0.4) is 0 Å². The number of esters is 1. The molecule has 98 valence electrons. The van der Waals surface area contributed by atoms with Crippen molar-refractivity contribution in [2.24, 2.45) is 0 Å². The topological polar surface area (TPSA) is 63.6 Å². The molecule has 18 heavy (non-hydrogen) atoms. The Morgan fingerprint density at radius 1 is 1.33 bits per heavy atom. The van der Waals surface area contributed by atoms with E-state index in [1.807, 2.05) is 0 Å². The molecule has 0 aliphatic heterocycles. The summed E-state index contributed by atoms with van der Waals surface area (Å²) in [5.41, 5.74) is -1.16. The van der Waals surface area contributed by atoms with Crippen LogP contribution >= 0.6 is 11.6 Å². The normalized spacial score (nSPS) is 10.3. The third kappa shape index (κ3) is 2.40. The van der Waals surface area contributed by atoms with Gasteiger partial charge >= 0.3 is 5.97 Å². The summed E-state index contributed by atoms with van der Waals surface area (Å²) >= 11 is 5.22. The predicted octanol–water partition coefficient (Wildman–Crippen LogP) is 2.40. The zero-order valence-electron chi connectivity index (χ0n) is 8.89. The molecular weight excluding hydrogens is 277 g/mol. The SMILES string of the molecule is CC(=O)Oc1c(F)c(O)c(Cl)c(F)c1C(=O)CF. The van der Waals surface area contributed by atoms with Gasteiger partial charge in [-0.25, -0.2) is 8.78 Å². The van der Waals surface area contributed by atoms with Crippen LogP contribution in [-0.4, -0.2) is 23.5 Å².